The van der Waals surface area contributed by atoms with Gasteiger partial charge in [0.15, 0.2) is 5.82 Å². The zero-order valence-electron chi connectivity index (χ0n) is 27.4. The van der Waals surface area contributed by atoms with Gasteiger partial charge < -0.3 is 4.42 Å². The minimum atomic E-state index is 0.654. The molecule has 51 heavy (non-hydrogen) atoms. The van der Waals surface area contributed by atoms with Gasteiger partial charge in [0.2, 0.25) is 0 Å². The van der Waals surface area contributed by atoms with E-state index in [9.17, 15) is 0 Å². The minimum Gasteiger partial charge on any atom is -0.456 e. The van der Waals surface area contributed by atoms with Gasteiger partial charge in [0.05, 0.1) is 22.4 Å². The highest BCUT2D eigenvalue weighted by atomic mass is 16.3. The summed E-state index contributed by atoms with van der Waals surface area (Å²) in [4.78, 5) is 20.0. The maximum absolute atomic E-state index is 6.29. The molecule has 5 heteroatoms. The van der Waals surface area contributed by atoms with Crippen molar-refractivity contribution in [3.63, 3.8) is 0 Å². The number of furan rings is 1. The van der Waals surface area contributed by atoms with Gasteiger partial charge in [0.1, 0.15) is 11.2 Å². The van der Waals surface area contributed by atoms with Crippen molar-refractivity contribution < 1.29 is 4.42 Å². The molecule has 10 aromatic rings. The number of aromatic nitrogens is 4. The molecular weight excluding hydrogens is 625 g/mol. The van der Waals surface area contributed by atoms with Crippen LogP contribution in [0.3, 0.4) is 0 Å². The normalized spacial score (nSPS) is 11.5. The first-order valence-electron chi connectivity index (χ1n) is 17.0. The zero-order chi connectivity index (χ0) is 33.7. The predicted octanol–water partition coefficient (Wildman–Crippen LogP) is 11.8. The average Bonchev–Trinajstić information content (AvgIpc) is 3.59. The monoisotopic (exact) mass is 652 g/mol. The van der Waals surface area contributed by atoms with Crippen molar-refractivity contribution in [3.05, 3.63) is 170 Å². The lowest BCUT2D eigenvalue weighted by atomic mass is 9.92. The molecule has 5 nitrogen and oxygen atoms in total. The summed E-state index contributed by atoms with van der Waals surface area (Å²) in [6.45, 7) is 0. The molecule has 0 N–H and O–H groups in total. The minimum absolute atomic E-state index is 0.654. The third-order valence-electron chi connectivity index (χ3n) is 9.57. The second kappa shape index (κ2) is 11.9. The molecule has 0 bridgehead atoms. The van der Waals surface area contributed by atoms with Gasteiger partial charge in [-0.1, -0.05) is 103 Å². The fourth-order valence-corrected chi connectivity index (χ4v) is 7.22. The third kappa shape index (κ3) is 5.03. The molecule has 0 aliphatic rings. The van der Waals surface area contributed by atoms with E-state index in [0.29, 0.717) is 5.82 Å². The number of rotatable bonds is 5. The second-order valence-corrected chi connectivity index (χ2v) is 12.7. The largest absolute Gasteiger partial charge is 0.456 e. The van der Waals surface area contributed by atoms with Gasteiger partial charge >= 0.3 is 0 Å². The summed E-state index contributed by atoms with van der Waals surface area (Å²) < 4.78 is 6.29. The Morgan fingerprint density at radius 1 is 0.412 bits per heavy atom. The van der Waals surface area contributed by atoms with Crippen LogP contribution in [0.15, 0.2) is 175 Å². The van der Waals surface area contributed by atoms with Gasteiger partial charge in [-0.3, -0.25) is 9.97 Å². The molecule has 0 spiro atoms. The Labute approximate surface area is 293 Å². The molecule has 0 saturated heterocycles. The zero-order valence-corrected chi connectivity index (χ0v) is 27.4. The first kappa shape index (κ1) is 29.0. The quantitative estimate of drug-likeness (QED) is 0.185. The van der Waals surface area contributed by atoms with Gasteiger partial charge in [0.25, 0.3) is 0 Å². The number of benzene rings is 6. The van der Waals surface area contributed by atoms with E-state index in [4.69, 9.17) is 19.4 Å². The number of pyridine rings is 2. The predicted molar refractivity (Wildman–Crippen MR) is 207 cm³/mol. The molecule has 4 heterocycles. The molecule has 0 saturated carbocycles. The molecular formula is C46H28N4O. The Hall–Kier alpha value is -6.98. The Kier molecular flexibility index (Phi) is 6.74. The summed E-state index contributed by atoms with van der Waals surface area (Å²) in [6, 6.07) is 54.2. The van der Waals surface area contributed by atoms with Crippen molar-refractivity contribution in [2.45, 2.75) is 0 Å². The van der Waals surface area contributed by atoms with E-state index in [-0.39, 0.29) is 0 Å². The summed E-state index contributed by atoms with van der Waals surface area (Å²) in [5, 5.41) is 4.27. The average molecular weight is 653 g/mol. The lowest BCUT2D eigenvalue weighted by molar-refractivity contribution is 0.669. The van der Waals surface area contributed by atoms with Gasteiger partial charge in [-0.15, -0.1) is 0 Å². The van der Waals surface area contributed by atoms with Crippen LogP contribution in [-0.4, -0.2) is 19.9 Å². The molecule has 10 rings (SSSR count). The molecule has 0 amide bonds. The van der Waals surface area contributed by atoms with Gasteiger partial charge in [-0.2, -0.15) is 0 Å². The highest BCUT2D eigenvalue weighted by Crippen LogP contribution is 2.40. The molecule has 238 valence electrons. The molecule has 0 aliphatic heterocycles. The van der Waals surface area contributed by atoms with Crippen LogP contribution in [0, 0.1) is 0 Å². The second-order valence-electron chi connectivity index (χ2n) is 12.7. The van der Waals surface area contributed by atoms with Crippen molar-refractivity contribution >= 4 is 43.7 Å². The first-order valence-corrected chi connectivity index (χ1v) is 17.0. The van der Waals surface area contributed by atoms with Crippen LogP contribution in [0.2, 0.25) is 0 Å². The smallest absolute Gasteiger partial charge is 0.160 e. The van der Waals surface area contributed by atoms with E-state index in [1.807, 2.05) is 73.1 Å². The maximum Gasteiger partial charge on any atom is 0.160 e. The molecule has 0 unspecified atom stereocenters. The lowest BCUT2D eigenvalue weighted by Gasteiger charge is -2.15. The van der Waals surface area contributed by atoms with Crippen molar-refractivity contribution in [2.75, 3.05) is 0 Å². The van der Waals surface area contributed by atoms with E-state index in [2.05, 4.69) is 102 Å². The van der Waals surface area contributed by atoms with Gasteiger partial charge in [-0.05, 0) is 71.3 Å². The Morgan fingerprint density at radius 3 is 2.02 bits per heavy atom. The van der Waals surface area contributed by atoms with Crippen LogP contribution in [0.5, 0.6) is 0 Å². The molecule has 4 aromatic heterocycles. The fraction of sp³-hybridized carbons (Fsp3) is 0. The van der Waals surface area contributed by atoms with E-state index in [1.54, 1.807) is 0 Å². The molecule has 6 aromatic carbocycles. The van der Waals surface area contributed by atoms with E-state index >= 15 is 0 Å². The van der Waals surface area contributed by atoms with Crippen LogP contribution in [-0.2, 0) is 0 Å². The molecule has 0 radical (unpaired) electrons. The first-order chi connectivity index (χ1) is 25.3. The Balaban J connectivity index is 1.27. The Bertz CT molecular complexity index is 2820. The molecule has 0 fully saturated rings. The van der Waals surface area contributed by atoms with Crippen molar-refractivity contribution in [2.24, 2.45) is 0 Å². The van der Waals surface area contributed by atoms with E-state index in [1.165, 1.54) is 0 Å². The SMILES string of the molecule is c1ccc(-c2nc(-c3cc(-c4cccc5ncccc45)cc(-c4cccc5cccnc45)c3)cc(-c3cccc4oc5ccccc5c34)n2)cc1. The van der Waals surface area contributed by atoms with Gasteiger partial charge in [0, 0.05) is 56.2 Å². The Morgan fingerprint density at radius 2 is 1.08 bits per heavy atom. The fourth-order valence-electron chi connectivity index (χ4n) is 7.22. The summed E-state index contributed by atoms with van der Waals surface area (Å²) in [5.74, 6) is 0.654. The van der Waals surface area contributed by atoms with Crippen molar-refractivity contribution in [1.29, 1.82) is 0 Å². The third-order valence-corrected chi connectivity index (χ3v) is 9.57. The highest BCUT2D eigenvalue weighted by Gasteiger charge is 2.18. The molecule has 0 aliphatic carbocycles. The van der Waals surface area contributed by atoms with Crippen LogP contribution in [0.1, 0.15) is 0 Å². The summed E-state index contributed by atoms with van der Waals surface area (Å²) in [6.07, 6.45) is 3.70. The van der Waals surface area contributed by atoms with E-state index < -0.39 is 0 Å². The van der Waals surface area contributed by atoms with Crippen molar-refractivity contribution in [3.8, 4) is 56.2 Å². The summed E-state index contributed by atoms with van der Waals surface area (Å²) >= 11 is 0. The number of nitrogens with zero attached hydrogens (tertiary/aromatic N) is 4. The lowest BCUT2D eigenvalue weighted by Crippen LogP contribution is -1.97. The summed E-state index contributed by atoms with van der Waals surface area (Å²) in [7, 11) is 0. The van der Waals surface area contributed by atoms with Crippen LogP contribution >= 0.6 is 0 Å². The van der Waals surface area contributed by atoms with Crippen molar-refractivity contribution in [1.82, 2.24) is 19.9 Å². The van der Waals surface area contributed by atoms with Crippen LogP contribution in [0.25, 0.3) is 99.9 Å². The van der Waals surface area contributed by atoms with Crippen LogP contribution in [0.4, 0.5) is 0 Å². The summed E-state index contributed by atoms with van der Waals surface area (Å²) in [5.41, 5.74) is 12.4. The highest BCUT2D eigenvalue weighted by molar-refractivity contribution is 6.12. The van der Waals surface area contributed by atoms with E-state index in [0.717, 1.165) is 94.1 Å². The van der Waals surface area contributed by atoms with Gasteiger partial charge in [-0.25, -0.2) is 9.97 Å². The number of hydrogen-bond acceptors (Lipinski definition) is 5. The topological polar surface area (TPSA) is 64.7 Å². The standard InChI is InChI=1S/C46H28N4O/c1-2-11-30(12-3-1)46-49-40(28-41(50-46)37-18-8-22-43-44(37)38-15-4-5-21-42(38)51-43)33-26-31(34-16-7-20-39-36(34)19-10-23-47-39)25-32(27-33)35-17-6-13-29-14-9-24-48-45(29)35/h1-28H. The maximum atomic E-state index is 6.29. The number of fused-ring (bicyclic) bond motifs is 5. The number of para-hydroxylation sites is 2. The molecule has 0 atom stereocenters. The number of hydrogen-bond donors (Lipinski definition) is 0. The van der Waals surface area contributed by atoms with Crippen LogP contribution < -0.4 is 0 Å².